The van der Waals surface area contributed by atoms with Crippen LogP contribution in [-0.2, 0) is 0 Å². The predicted molar refractivity (Wildman–Crippen MR) is 72.8 cm³/mol. The van der Waals surface area contributed by atoms with Gasteiger partial charge >= 0.3 is 5.97 Å². The molecule has 0 aliphatic heterocycles. The summed E-state index contributed by atoms with van der Waals surface area (Å²) in [6.45, 7) is 0. The molecule has 0 spiro atoms. The van der Waals surface area contributed by atoms with Crippen molar-refractivity contribution in [1.82, 2.24) is 0 Å². The van der Waals surface area contributed by atoms with Crippen LogP contribution in [0.4, 0.5) is 5.69 Å². The number of rotatable bonds is 2. The second-order valence-corrected chi connectivity index (χ2v) is 4.85. The maximum absolute atomic E-state index is 11.0. The van der Waals surface area contributed by atoms with Gasteiger partial charge in [-0.2, -0.15) is 0 Å². The molecule has 0 atom stereocenters. The summed E-state index contributed by atoms with van der Waals surface area (Å²) in [5, 5.41) is 12.9. The van der Waals surface area contributed by atoms with Crippen LogP contribution < -0.4 is 5.32 Å². The molecule has 0 aliphatic rings. The minimum atomic E-state index is -0.896. The molecule has 16 heavy (non-hydrogen) atoms. The van der Waals surface area contributed by atoms with E-state index in [9.17, 15) is 4.79 Å². The molecule has 3 nitrogen and oxygen atoms in total. The monoisotopic (exact) mass is 301 g/mol. The molecule has 0 bridgehead atoms. The molecule has 1 aromatic carbocycles. The van der Waals surface area contributed by atoms with Crippen molar-refractivity contribution in [1.29, 1.82) is 0 Å². The van der Waals surface area contributed by atoms with E-state index in [4.69, 9.17) is 5.11 Å². The summed E-state index contributed by atoms with van der Waals surface area (Å²) in [6, 6.07) is 5.71. The average molecular weight is 302 g/mol. The van der Waals surface area contributed by atoms with Gasteiger partial charge in [0.15, 0.2) is 0 Å². The molecule has 5 heteroatoms. The normalized spacial score (nSPS) is 9.88. The molecule has 1 aromatic heterocycles. The van der Waals surface area contributed by atoms with Gasteiger partial charge in [-0.1, -0.05) is 19.6 Å². The van der Waals surface area contributed by atoms with Crippen molar-refractivity contribution in [2.45, 2.75) is 7.43 Å². The lowest BCUT2D eigenvalue weighted by molar-refractivity contribution is 0.0703. The quantitative estimate of drug-likeness (QED) is 0.880. The van der Waals surface area contributed by atoms with Crippen LogP contribution in [0.1, 0.15) is 17.1 Å². The number of hydrogen-bond donors (Lipinski definition) is 2. The minimum absolute atomic E-state index is 0. The Morgan fingerprint density at radius 2 is 2.19 bits per heavy atom. The van der Waals surface area contributed by atoms with Crippen LogP contribution in [0.3, 0.4) is 0 Å². The Bertz CT molecular complexity index is 536. The lowest BCUT2D eigenvalue weighted by Crippen LogP contribution is -1.97. The zero-order valence-corrected chi connectivity index (χ0v) is 10.3. The van der Waals surface area contributed by atoms with E-state index in [1.54, 1.807) is 7.05 Å². The van der Waals surface area contributed by atoms with Gasteiger partial charge in [0.05, 0.1) is 10.4 Å². The molecule has 0 amide bonds. The first kappa shape index (κ1) is 13.0. The van der Waals surface area contributed by atoms with Gasteiger partial charge in [-0.3, -0.25) is 0 Å². The highest BCUT2D eigenvalue weighted by Crippen LogP contribution is 2.39. The van der Waals surface area contributed by atoms with Crippen LogP contribution in [0, 0.1) is 0 Å². The van der Waals surface area contributed by atoms with E-state index in [1.165, 1.54) is 11.3 Å². The van der Waals surface area contributed by atoms with E-state index >= 15 is 0 Å². The van der Waals surface area contributed by atoms with Gasteiger partial charge in [-0.15, -0.1) is 11.3 Å². The van der Waals surface area contributed by atoms with Crippen LogP contribution in [-0.4, -0.2) is 18.1 Å². The van der Waals surface area contributed by atoms with Crippen molar-refractivity contribution < 1.29 is 9.90 Å². The Kier molecular flexibility index (Phi) is 3.93. The fourth-order valence-electron chi connectivity index (χ4n) is 1.48. The van der Waals surface area contributed by atoms with E-state index in [0.29, 0.717) is 10.6 Å². The summed E-state index contributed by atoms with van der Waals surface area (Å²) < 4.78 is 1.88. The Hall–Kier alpha value is -1.07. The topological polar surface area (TPSA) is 49.3 Å². The maximum atomic E-state index is 11.0. The second kappa shape index (κ2) is 4.84. The molecule has 0 saturated heterocycles. The Balaban J connectivity index is 0.00000128. The highest BCUT2D eigenvalue weighted by Gasteiger charge is 2.17. The molecule has 0 saturated carbocycles. The van der Waals surface area contributed by atoms with Crippen molar-refractivity contribution in [2.75, 3.05) is 12.4 Å². The number of anilines is 1. The largest absolute Gasteiger partial charge is 0.477 e. The van der Waals surface area contributed by atoms with Crippen molar-refractivity contribution in [3.8, 4) is 0 Å². The second-order valence-electron chi connectivity index (χ2n) is 2.98. The van der Waals surface area contributed by atoms with Crippen LogP contribution in [0.2, 0.25) is 0 Å². The predicted octanol–water partition coefficient (Wildman–Crippen LogP) is 4.04. The molecule has 0 aliphatic carbocycles. The Morgan fingerprint density at radius 3 is 2.75 bits per heavy atom. The van der Waals surface area contributed by atoms with Gasteiger partial charge in [0.1, 0.15) is 4.88 Å². The third-order valence-corrected chi connectivity index (χ3v) is 4.26. The molecule has 0 fully saturated rings. The van der Waals surface area contributed by atoms with Crippen molar-refractivity contribution in [2.24, 2.45) is 0 Å². The first-order chi connectivity index (χ1) is 7.15. The number of carbonyl (C=O) groups is 1. The van der Waals surface area contributed by atoms with Gasteiger partial charge in [0, 0.05) is 16.9 Å². The summed E-state index contributed by atoms with van der Waals surface area (Å²) >= 11 is 4.69. The highest BCUT2D eigenvalue weighted by atomic mass is 79.9. The number of carboxylic acid groups (broad SMARTS) is 1. The van der Waals surface area contributed by atoms with Crippen LogP contribution in [0.25, 0.3) is 10.1 Å². The minimum Gasteiger partial charge on any atom is -0.477 e. The third kappa shape index (κ3) is 1.92. The molecular weight excluding hydrogens is 290 g/mol. The van der Waals surface area contributed by atoms with Crippen LogP contribution >= 0.6 is 27.3 Å². The fraction of sp³-hybridized carbons (Fsp3) is 0.182. The molecule has 2 aromatic rings. The van der Waals surface area contributed by atoms with Crippen LogP contribution in [0.15, 0.2) is 22.7 Å². The number of carboxylic acids is 1. The Labute approximate surface area is 106 Å². The van der Waals surface area contributed by atoms with Gasteiger partial charge in [-0.05, 0) is 22.0 Å². The first-order valence-electron chi connectivity index (χ1n) is 4.27. The molecule has 2 rings (SSSR count). The van der Waals surface area contributed by atoms with Gasteiger partial charge in [0.25, 0.3) is 0 Å². The van der Waals surface area contributed by atoms with Gasteiger partial charge in [0.2, 0.25) is 0 Å². The number of thiophene rings is 1. The zero-order chi connectivity index (χ0) is 11.0. The van der Waals surface area contributed by atoms with Gasteiger partial charge < -0.3 is 10.4 Å². The Morgan fingerprint density at radius 1 is 1.50 bits per heavy atom. The first-order valence-corrected chi connectivity index (χ1v) is 5.88. The van der Waals surface area contributed by atoms with Crippen molar-refractivity contribution in [3.05, 3.63) is 27.5 Å². The van der Waals surface area contributed by atoms with E-state index < -0.39 is 5.97 Å². The summed E-state index contributed by atoms with van der Waals surface area (Å²) in [6.07, 6.45) is 0. The van der Waals surface area contributed by atoms with E-state index in [2.05, 4.69) is 21.2 Å². The fourth-order valence-corrected chi connectivity index (χ4v) is 3.14. The summed E-state index contributed by atoms with van der Waals surface area (Å²) in [5.74, 6) is -0.896. The number of aromatic carboxylic acids is 1. The van der Waals surface area contributed by atoms with E-state index in [0.717, 1.165) is 14.6 Å². The highest BCUT2D eigenvalue weighted by molar-refractivity contribution is 9.10. The number of halogens is 1. The van der Waals surface area contributed by atoms with E-state index in [-0.39, 0.29) is 7.43 Å². The molecule has 0 unspecified atom stereocenters. The smallest absolute Gasteiger partial charge is 0.348 e. The number of benzene rings is 1. The van der Waals surface area contributed by atoms with E-state index in [1.807, 2.05) is 18.2 Å². The number of fused-ring (bicyclic) bond motifs is 1. The number of hydrogen-bond acceptors (Lipinski definition) is 3. The van der Waals surface area contributed by atoms with Crippen LogP contribution in [0.5, 0.6) is 0 Å². The molecule has 2 N–H and O–H groups in total. The summed E-state index contributed by atoms with van der Waals surface area (Å²) in [4.78, 5) is 11.4. The summed E-state index contributed by atoms with van der Waals surface area (Å²) in [5.41, 5.74) is 0.684. The summed E-state index contributed by atoms with van der Waals surface area (Å²) in [7, 11) is 1.73. The van der Waals surface area contributed by atoms with Crippen molar-refractivity contribution >= 4 is 49.0 Å². The molecule has 86 valence electrons. The lowest BCUT2D eigenvalue weighted by Gasteiger charge is -1.99. The molecule has 1 heterocycles. The molecular formula is C11H12BrNO2S. The SMILES string of the molecule is C.CNc1c(C(=O)O)sc2c(Br)cccc12. The standard InChI is InChI=1S/C10H8BrNO2S.CH4/c1-12-7-5-3-2-4-6(11)8(5)15-9(7)10(13)14;/h2-4,12H,1H3,(H,13,14);1H4. The number of nitrogens with one attached hydrogen (secondary N) is 1. The molecule has 0 radical (unpaired) electrons. The van der Waals surface area contributed by atoms with Gasteiger partial charge in [-0.25, -0.2) is 4.79 Å². The van der Waals surface area contributed by atoms with Crippen molar-refractivity contribution in [3.63, 3.8) is 0 Å². The third-order valence-electron chi connectivity index (χ3n) is 2.11. The zero-order valence-electron chi connectivity index (χ0n) is 7.87. The average Bonchev–Trinajstić information content (AvgIpc) is 2.57. The lowest BCUT2D eigenvalue weighted by atomic mass is 10.2. The maximum Gasteiger partial charge on any atom is 0.348 e.